The van der Waals surface area contributed by atoms with Gasteiger partial charge in [-0.3, -0.25) is 4.79 Å². The Morgan fingerprint density at radius 2 is 2.22 bits per heavy atom. The zero-order chi connectivity index (χ0) is 12.5. The van der Waals surface area contributed by atoms with Crippen LogP contribution in [0.4, 0.5) is 0 Å². The number of hydrogen-bond donors (Lipinski definition) is 1. The summed E-state index contributed by atoms with van der Waals surface area (Å²) in [5.41, 5.74) is 0.993. The summed E-state index contributed by atoms with van der Waals surface area (Å²) >= 11 is 3.19. The standard InChI is InChI=1S/C13H11BrN2O2/c14-12-11(7-15-16-13(12)17)18-10-3-1-2-9(6-10)8-4-5-8/h1-3,6-8H,4-5H2,(H,16,17). The van der Waals surface area contributed by atoms with E-state index < -0.39 is 0 Å². The van der Waals surface area contributed by atoms with Gasteiger partial charge in [0.2, 0.25) is 0 Å². The first-order valence-corrected chi connectivity index (χ1v) is 6.54. The van der Waals surface area contributed by atoms with Gasteiger partial charge in [0.25, 0.3) is 5.56 Å². The SMILES string of the molecule is O=c1[nH]ncc(Oc2cccc(C3CC3)c2)c1Br. The second-order valence-electron chi connectivity index (χ2n) is 4.33. The third-order valence-corrected chi connectivity index (χ3v) is 3.65. The summed E-state index contributed by atoms with van der Waals surface area (Å²) in [6.45, 7) is 0. The molecular formula is C13H11BrN2O2. The quantitative estimate of drug-likeness (QED) is 0.947. The molecule has 0 saturated heterocycles. The summed E-state index contributed by atoms with van der Waals surface area (Å²) in [7, 11) is 0. The maximum atomic E-state index is 11.4. The molecule has 92 valence electrons. The molecule has 0 radical (unpaired) electrons. The molecule has 0 aliphatic heterocycles. The van der Waals surface area contributed by atoms with E-state index in [1.165, 1.54) is 24.6 Å². The van der Waals surface area contributed by atoms with Crippen LogP contribution in [0.5, 0.6) is 11.5 Å². The number of halogens is 1. The van der Waals surface area contributed by atoms with Crippen LogP contribution in [0.3, 0.4) is 0 Å². The van der Waals surface area contributed by atoms with E-state index in [-0.39, 0.29) is 5.56 Å². The Hall–Kier alpha value is -1.62. The van der Waals surface area contributed by atoms with Gasteiger partial charge in [0.05, 0.1) is 6.20 Å². The fourth-order valence-corrected chi connectivity index (χ4v) is 2.09. The minimum absolute atomic E-state index is 0.300. The van der Waals surface area contributed by atoms with Gasteiger partial charge in [-0.05, 0) is 52.4 Å². The molecule has 1 heterocycles. The lowest BCUT2D eigenvalue weighted by atomic mass is 10.1. The third kappa shape index (κ3) is 2.31. The van der Waals surface area contributed by atoms with E-state index >= 15 is 0 Å². The van der Waals surface area contributed by atoms with E-state index in [1.807, 2.05) is 18.2 Å². The Morgan fingerprint density at radius 1 is 1.39 bits per heavy atom. The molecule has 1 fully saturated rings. The van der Waals surface area contributed by atoms with Gasteiger partial charge in [-0.1, -0.05) is 12.1 Å². The maximum Gasteiger partial charge on any atom is 0.282 e. The Kier molecular flexibility index (Phi) is 2.91. The third-order valence-electron chi connectivity index (χ3n) is 2.90. The summed E-state index contributed by atoms with van der Waals surface area (Å²) in [5, 5.41) is 6.05. The van der Waals surface area contributed by atoms with E-state index in [0.717, 1.165) is 5.75 Å². The Bertz CT molecular complexity index is 635. The smallest absolute Gasteiger partial charge is 0.282 e. The topological polar surface area (TPSA) is 55.0 Å². The number of benzene rings is 1. The van der Waals surface area contributed by atoms with Crippen LogP contribution in [0, 0.1) is 0 Å². The number of aromatic amines is 1. The van der Waals surface area contributed by atoms with Crippen molar-refractivity contribution in [3.8, 4) is 11.5 Å². The van der Waals surface area contributed by atoms with Gasteiger partial charge in [-0.2, -0.15) is 5.10 Å². The molecule has 1 aromatic heterocycles. The Labute approximate surface area is 112 Å². The number of ether oxygens (including phenoxy) is 1. The van der Waals surface area contributed by atoms with Crippen LogP contribution in [0.1, 0.15) is 24.3 Å². The van der Waals surface area contributed by atoms with E-state index in [9.17, 15) is 4.79 Å². The van der Waals surface area contributed by atoms with Gasteiger partial charge in [0, 0.05) is 0 Å². The molecule has 2 aromatic rings. The zero-order valence-electron chi connectivity index (χ0n) is 9.52. The molecule has 0 atom stereocenters. The molecule has 0 spiro atoms. The van der Waals surface area contributed by atoms with Crippen LogP contribution in [0.2, 0.25) is 0 Å². The molecular weight excluding hydrogens is 296 g/mol. The molecule has 1 aromatic carbocycles. The van der Waals surface area contributed by atoms with Crippen molar-refractivity contribution in [3.05, 3.63) is 50.9 Å². The van der Waals surface area contributed by atoms with Crippen LogP contribution in [-0.4, -0.2) is 10.2 Å². The van der Waals surface area contributed by atoms with Gasteiger partial charge in [0.1, 0.15) is 10.2 Å². The highest BCUT2D eigenvalue weighted by atomic mass is 79.9. The second kappa shape index (κ2) is 4.57. The van der Waals surface area contributed by atoms with Crippen molar-refractivity contribution < 1.29 is 4.74 Å². The molecule has 5 heteroatoms. The van der Waals surface area contributed by atoms with Crippen molar-refractivity contribution in [3.63, 3.8) is 0 Å². The van der Waals surface area contributed by atoms with Gasteiger partial charge >= 0.3 is 0 Å². The fraction of sp³-hybridized carbons (Fsp3) is 0.231. The Morgan fingerprint density at radius 3 is 3.00 bits per heavy atom. The average Bonchev–Trinajstić information content (AvgIpc) is 3.20. The van der Waals surface area contributed by atoms with Gasteiger partial charge in [-0.25, -0.2) is 5.10 Å². The average molecular weight is 307 g/mol. The monoisotopic (exact) mass is 306 g/mol. The lowest BCUT2D eigenvalue weighted by molar-refractivity contribution is 0.473. The lowest BCUT2D eigenvalue weighted by Crippen LogP contribution is -2.09. The first-order valence-electron chi connectivity index (χ1n) is 5.75. The van der Waals surface area contributed by atoms with Crippen molar-refractivity contribution in [1.82, 2.24) is 10.2 Å². The van der Waals surface area contributed by atoms with Gasteiger partial charge in [-0.15, -0.1) is 0 Å². The summed E-state index contributed by atoms with van der Waals surface area (Å²) < 4.78 is 6.04. The van der Waals surface area contributed by atoms with Gasteiger partial charge < -0.3 is 4.74 Å². The van der Waals surface area contributed by atoms with Crippen LogP contribution in [-0.2, 0) is 0 Å². The predicted octanol–water partition coefficient (Wildman–Crippen LogP) is 3.20. The molecule has 18 heavy (non-hydrogen) atoms. The van der Waals surface area contributed by atoms with Crippen LogP contribution in [0.15, 0.2) is 39.7 Å². The minimum Gasteiger partial charge on any atom is -0.454 e. The summed E-state index contributed by atoms with van der Waals surface area (Å²) in [4.78, 5) is 11.4. The zero-order valence-corrected chi connectivity index (χ0v) is 11.1. The first-order chi connectivity index (χ1) is 8.74. The number of aromatic nitrogens is 2. The largest absolute Gasteiger partial charge is 0.454 e. The van der Waals surface area contributed by atoms with Crippen molar-refractivity contribution >= 4 is 15.9 Å². The molecule has 1 aliphatic rings. The number of nitrogens with one attached hydrogen (secondary N) is 1. The molecule has 3 rings (SSSR count). The second-order valence-corrected chi connectivity index (χ2v) is 5.12. The summed E-state index contributed by atoms with van der Waals surface area (Å²) in [6, 6.07) is 7.97. The highest BCUT2D eigenvalue weighted by molar-refractivity contribution is 9.10. The van der Waals surface area contributed by atoms with Gasteiger partial charge in [0.15, 0.2) is 5.75 Å². The lowest BCUT2D eigenvalue weighted by Gasteiger charge is -2.07. The minimum atomic E-state index is -0.300. The van der Waals surface area contributed by atoms with Crippen molar-refractivity contribution in [2.24, 2.45) is 0 Å². The Balaban J connectivity index is 1.89. The van der Waals surface area contributed by atoms with E-state index in [2.05, 4.69) is 32.2 Å². The highest BCUT2D eigenvalue weighted by Gasteiger charge is 2.23. The highest BCUT2D eigenvalue weighted by Crippen LogP contribution is 2.41. The summed E-state index contributed by atoms with van der Waals surface area (Å²) in [6.07, 6.45) is 3.98. The number of nitrogens with zero attached hydrogens (tertiary/aromatic N) is 1. The molecule has 0 amide bonds. The predicted molar refractivity (Wildman–Crippen MR) is 71.0 cm³/mol. The summed E-state index contributed by atoms with van der Waals surface area (Å²) in [5.74, 6) is 1.83. The molecule has 1 N–H and O–H groups in total. The molecule has 0 unspecified atom stereocenters. The molecule has 0 bridgehead atoms. The fourth-order valence-electron chi connectivity index (χ4n) is 1.81. The van der Waals surface area contributed by atoms with Crippen LogP contribution in [0.25, 0.3) is 0 Å². The first kappa shape index (κ1) is 11.5. The van der Waals surface area contributed by atoms with Crippen LogP contribution < -0.4 is 10.3 Å². The van der Waals surface area contributed by atoms with Crippen molar-refractivity contribution in [1.29, 1.82) is 0 Å². The van der Waals surface area contributed by atoms with E-state index in [4.69, 9.17) is 4.74 Å². The van der Waals surface area contributed by atoms with Crippen molar-refractivity contribution in [2.75, 3.05) is 0 Å². The molecule has 1 aliphatic carbocycles. The van der Waals surface area contributed by atoms with E-state index in [0.29, 0.717) is 16.1 Å². The normalized spacial score (nSPS) is 14.5. The number of rotatable bonds is 3. The maximum absolute atomic E-state index is 11.4. The molecule has 1 saturated carbocycles. The van der Waals surface area contributed by atoms with Crippen molar-refractivity contribution in [2.45, 2.75) is 18.8 Å². The van der Waals surface area contributed by atoms with Crippen LogP contribution >= 0.6 is 15.9 Å². The molecule has 4 nitrogen and oxygen atoms in total. The number of hydrogen-bond acceptors (Lipinski definition) is 3. The van der Waals surface area contributed by atoms with E-state index in [1.54, 1.807) is 0 Å². The number of H-pyrrole nitrogens is 1.